The predicted octanol–water partition coefficient (Wildman–Crippen LogP) is 7.57. The van der Waals surface area contributed by atoms with Crippen molar-refractivity contribution in [2.24, 2.45) is 0 Å². The average Bonchev–Trinajstić information content (AvgIpc) is 3.06. The third-order valence-electron chi connectivity index (χ3n) is 7.88. The van der Waals surface area contributed by atoms with Gasteiger partial charge in [0.15, 0.2) is 6.10 Å². The molecule has 0 amide bonds. The van der Waals surface area contributed by atoms with Crippen LogP contribution in [-0.4, -0.2) is 33.6 Å². The lowest BCUT2D eigenvalue weighted by molar-refractivity contribution is -0.165. The number of carbonyl (C=O) groups is 1. The lowest BCUT2D eigenvalue weighted by Crippen LogP contribution is -2.68. The first-order chi connectivity index (χ1) is 21.7. The Morgan fingerprint density at radius 3 is 1.80 bits per heavy atom. The van der Waals surface area contributed by atoms with Crippen molar-refractivity contribution in [2.75, 3.05) is 7.11 Å². The Morgan fingerprint density at radius 2 is 1.33 bits per heavy atom. The Balaban J connectivity index is 1.85. The fourth-order valence-electron chi connectivity index (χ4n) is 5.69. The highest BCUT2D eigenvalue weighted by molar-refractivity contribution is 6.99. The van der Waals surface area contributed by atoms with E-state index in [-0.39, 0.29) is 18.1 Å². The molecule has 0 unspecified atom stereocenters. The highest BCUT2D eigenvalue weighted by atomic mass is 28.4. The van der Waals surface area contributed by atoms with Gasteiger partial charge in [0.25, 0.3) is 8.32 Å². The van der Waals surface area contributed by atoms with E-state index in [0.717, 1.165) is 27.2 Å². The van der Waals surface area contributed by atoms with Gasteiger partial charge in [0.2, 0.25) is 0 Å². The third kappa shape index (κ3) is 8.08. The maximum Gasteiger partial charge on any atom is 0.310 e. The molecule has 0 aromatic heterocycles. The number of hydrogen-bond acceptors (Lipinski definition) is 5. The van der Waals surface area contributed by atoms with Gasteiger partial charge in [-0.1, -0.05) is 136 Å². The van der Waals surface area contributed by atoms with Crippen molar-refractivity contribution in [3.8, 4) is 5.75 Å². The summed E-state index contributed by atoms with van der Waals surface area (Å²) in [6.45, 7) is 14.9. The van der Waals surface area contributed by atoms with Crippen molar-refractivity contribution < 1.29 is 23.4 Å². The molecule has 0 radical (unpaired) electrons. The van der Waals surface area contributed by atoms with Gasteiger partial charge in [0, 0.05) is 0 Å². The van der Waals surface area contributed by atoms with Crippen molar-refractivity contribution in [3.05, 3.63) is 152 Å². The van der Waals surface area contributed by atoms with Gasteiger partial charge in [-0.2, -0.15) is 0 Å². The molecule has 0 N–H and O–H groups in total. The van der Waals surface area contributed by atoms with E-state index in [4.69, 9.17) is 18.6 Å². The summed E-state index contributed by atoms with van der Waals surface area (Å²) in [4.78, 5) is 13.2. The molecule has 234 valence electrons. The number of carbonyl (C=O) groups excluding carboxylic acids is 1. The SMILES string of the molecule is C=CCC(=O)O[C@H]([C@H](OCc1ccc(OC)cc1)c1ccccc1)[C@@H](C=C)O[Si](c1ccccc1)(c1ccccc1)C(C)(C)C. The summed E-state index contributed by atoms with van der Waals surface area (Å²) < 4.78 is 25.8. The lowest BCUT2D eigenvalue weighted by atomic mass is 9.99. The van der Waals surface area contributed by atoms with Crippen LogP contribution in [0.15, 0.2) is 141 Å². The number of methoxy groups -OCH3 is 1. The Bertz CT molecular complexity index is 1460. The Kier molecular flexibility index (Phi) is 11.7. The maximum atomic E-state index is 13.2. The molecule has 0 aliphatic rings. The van der Waals surface area contributed by atoms with Crippen LogP contribution in [0.5, 0.6) is 5.75 Å². The maximum absolute atomic E-state index is 13.2. The van der Waals surface area contributed by atoms with Crippen molar-refractivity contribution in [2.45, 2.75) is 57.1 Å². The van der Waals surface area contributed by atoms with Gasteiger partial charge < -0.3 is 18.6 Å². The van der Waals surface area contributed by atoms with Crippen molar-refractivity contribution in [1.29, 1.82) is 0 Å². The average molecular weight is 621 g/mol. The molecule has 0 saturated carbocycles. The van der Waals surface area contributed by atoms with Crippen LogP contribution in [0.25, 0.3) is 0 Å². The van der Waals surface area contributed by atoms with Crippen molar-refractivity contribution in [1.82, 2.24) is 0 Å². The standard InChI is InChI=1S/C39H44O5Si/c1-7-18-36(40)43-38(37(31-19-12-9-13-20-31)42-29-30-25-27-32(41-6)28-26-30)35(8-2)44-45(39(3,4)5,33-21-14-10-15-22-33)34-23-16-11-17-24-34/h7-17,19-28,35,37-38H,1-2,18,29H2,3-6H3/t35-,37-,38+/m1/s1. The smallest absolute Gasteiger partial charge is 0.310 e. The number of esters is 1. The van der Waals surface area contributed by atoms with Crippen LogP contribution in [0.2, 0.25) is 5.04 Å². The zero-order valence-electron chi connectivity index (χ0n) is 26.7. The van der Waals surface area contributed by atoms with E-state index in [9.17, 15) is 4.79 Å². The van der Waals surface area contributed by atoms with E-state index in [1.165, 1.54) is 0 Å². The van der Waals surface area contributed by atoms with Gasteiger partial charge in [-0.25, -0.2) is 0 Å². The summed E-state index contributed by atoms with van der Waals surface area (Å²) in [6.07, 6.45) is 1.12. The van der Waals surface area contributed by atoms with E-state index in [2.05, 4.69) is 58.2 Å². The molecule has 0 aliphatic carbocycles. The zero-order valence-corrected chi connectivity index (χ0v) is 27.7. The second-order valence-corrected chi connectivity index (χ2v) is 16.2. The molecule has 0 heterocycles. The number of hydrogen-bond donors (Lipinski definition) is 0. The summed E-state index contributed by atoms with van der Waals surface area (Å²) in [5.41, 5.74) is 1.82. The van der Waals surface area contributed by atoms with Gasteiger partial charge in [-0.3, -0.25) is 4.79 Å². The largest absolute Gasteiger partial charge is 0.497 e. The number of ether oxygens (including phenoxy) is 3. The topological polar surface area (TPSA) is 54.0 Å². The van der Waals surface area contributed by atoms with E-state index in [1.807, 2.05) is 91.0 Å². The van der Waals surface area contributed by atoms with Gasteiger partial charge >= 0.3 is 5.97 Å². The molecule has 4 aromatic carbocycles. The molecule has 3 atom stereocenters. The van der Waals surface area contributed by atoms with Gasteiger partial charge in [0.05, 0.1) is 20.1 Å². The normalized spacial score (nSPS) is 13.7. The summed E-state index contributed by atoms with van der Waals surface area (Å²) in [5, 5.41) is 1.92. The molecule has 0 aliphatic heterocycles. The van der Waals surface area contributed by atoms with Crippen LogP contribution in [0.3, 0.4) is 0 Å². The van der Waals surface area contributed by atoms with Gasteiger partial charge in [-0.05, 0) is 38.7 Å². The second-order valence-electron chi connectivity index (χ2n) is 11.9. The van der Waals surface area contributed by atoms with E-state index in [1.54, 1.807) is 19.3 Å². The van der Waals surface area contributed by atoms with Crippen LogP contribution in [0.4, 0.5) is 0 Å². The molecule has 0 fully saturated rings. The molecule has 6 heteroatoms. The molecule has 45 heavy (non-hydrogen) atoms. The first-order valence-corrected chi connectivity index (χ1v) is 17.2. The molecular weight excluding hydrogens is 577 g/mol. The molecule has 0 bridgehead atoms. The summed E-state index contributed by atoms with van der Waals surface area (Å²) in [5.74, 6) is 0.349. The Morgan fingerprint density at radius 1 is 0.800 bits per heavy atom. The molecule has 5 nitrogen and oxygen atoms in total. The highest BCUT2D eigenvalue weighted by Gasteiger charge is 2.53. The lowest BCUT2D eigenvalue weighted by Gasteiger charge is -2.46. The first-order valence-electron chi connectivity index (χ1n) is 15.2. The zero-order chi connectivity index (χ0) is 32.3. The number of benzene rings is 4. The minimum atomic E-state index is -3.06. The predicted molar refractivity (Wildman–Crippen MR) is 184 cm³/mol. The molecule has 4 aromatic rings. The van der Waals surface area contributed by atoms with Crippen LogP contribution in [0.1, 0.15) is 44.4 Å². The van der Waals surface area contributed by atoms with Crippen LogP contribution >= 0.6 is 0 Å². The van der Waals surface area contributed by atoms with Gasteiger partial charge in [-0.15, -0.1) is 13.2 Å². The monoisotopic (exact) mass is 620 g/mol. The summed E-state index contributed by atoms with van der Waals surface area (Å²) in [6, 6.07) is 38.3. The van der Waals surface area contributed by atoms with E-state index >= 15 is 0 Å². The van der Waals surface area contributed by atoms with Crippen molar-refractivity contribution in [3.63, 3.8) is 0 Å². The Hall–Kier alpha value is -4.23. The minimum Gasteiger partial charge on any atom is -0.497 e. The third-order valence-corrected chi connectivity index (χ3v) is 12.9. The van der Waals surface area contributed by atoms with Crippen LogP contribution < -0.4 is 15.1 Å². The van der Waals surface area contributed by atoms with Crippen LogP contribution in [0, 0.1) is 0 Å². The first kappa shape index (κ1) is 33.7. The number of rotatable bonds is 15. The van der Waals surface area contributed by atoms with Gasteiger partial charge in [0.1, 0.15) is 18.0 Å². The van der Waals surface area contributed by atoms with Crippen molar-refractivity contribution >= 4 is 24.7 Å². The fraction of sp³-hybridized carbons (Fsp3) is 0.256. The van der Waals surface area contributed by atoms with E-state index in [0.29, 0.717) is 0 Å². The van der Waals surface area contributed by atoms with Crippen LogP contribution in [-0.2, 0) is 25.3 Å². The second kappa shape index (κ2) is 15.7. The fourth-order valence-corrected chi connectivity index (χ4v) is 10.3. The quantitative estimate of drug-likeness (QED) is 0.0780. The minimum absolute atomic E-state index is 0.0551. The molecule has 0 saturated heterocycles. The Labute approximate surface area is 269 Å². The summed E-state index contributed by atoms with van der Waals surface area (Å²) in [7, 11) is -1.42. The molecule has 0 spiro atoms. The summed E-state index contributed by atoms with van der Waals surface area (Å²) >= 11 is 0. The highest BCUT2D eigenvalue weighted by Crippen LogP contribution is 2.40. The molecular formula is C39H44O5Si. The molecule has 4 rings (SSSR count). The van der Waals surface area contributed by atoms with E-state index < -0.39 is 32.6 Å².